The highest BCUT2D eigenvalue weighted by molar-refractivity contribution is 5.98. The van der Waals surface area contributed by atoms with E-state index in [-0.39, 0.29) is 5.91 Å². The smallest absolute Gasteiger partial charge is 0.353 e. The summed E-state index contributed by atoms with van der Waals surface area (Å²) in [6.07, 6.45) is -1.59. The largest absolute Gasteiger partial charge is 0.417 e. The van der Waals surface area contributed by atoms with Crippen LogP contribution in [0.4, 0.5) is 19.0 Å². The van der Waals surface area contributed by atoms with Gasteiger partial charge in [0.05, 0.1) is 5.56 Å². The quantitative estimate of drug-likeness (QED) is 0.674. The molecule has 1 saturated heterocycles. The molecule has 1 fully saturated rings. The molecular formula is C20H19F3N4O. The minimum atomic E-state index is -4.39. The number of piperazine rings is 1. The summed E-state index contributed by atoms with van der Waals surface area (Å²) in [6, 6.07) is 10.1. The fourth-order valence-corrected chi connectivity index (χ4v) is 3.46. The first-order valence-corrected chi connectivity index (χ1v) is 8.95. The maximum absolute atomic E-state index is 12.8. The van der Waals surface area contributed by atoms with Crippen molar-refractivity contribution in [3.05, 3.63) is 59.9 Å². The molecule has 5 nitrogen and oxygen atoms in total. The van der Waals surface area contributed by atoms with Crippen molar-refractivity contribution in [3.63, 3.8) is 0 Å². The molecule has 0 bridgehead atoms. The zero-order valence-electron chi connectivity index (χ0n) is 15.3. The van der Waals surface area contributed by atoms with E-state index in [1.807, 2.05) is 47.0 Å². The standard InChI is InChI=1S/C20H19F3N4O/c1-25-7-6-14-2-3-15(12-17(14)25)19(28)27-10-8-26(9-11-27)18-5-4-16(13-24-18)20(21,22)23/h2-7,12-13H,8-11H2,1H3. The van der Waals surface area contributed by atoms with Gasteiger partial charge in [0.15, 0.2) is 0 Å². The van der Waals surface area contributed by atoms with Gasteiger partial charge in [-0.15, -0.1) is 0 Å². The van der Waals surface area contributed by atoms with Crippen molar-refractivity contribution >= 4 is 22.6 Å². The Morgan fingerprint density at radius 3 is 2.43 bits per heavy atom. The van der Waals surface area contributed by atoms with Crippen LogP contribution in [0.25, 0.3) is 10.9 Å². The second kappa shape index (κ2) is 6.85. The van der Waals surface area contributed by atoms with E-state index in [9.17, 15) is 18.0 Å². The number of aromatic nitrogens is 2. The first kappa shape index (κ1) is 18.3. The maximum Gasteiger partial charge on any atom is 0.417 e. The summed E-state index contributed by atoms with van der Waals surface area (Å²) in [4.78, 5) is 20.4. The summed E-state index contributed by atoms with van der Waals surface area (Å²) in [5, 5.41) is 1.08. The Bertz CT molecular complexity index is 1000. The highest BCUT2D eigenvalue weighted by Crippen LogP contribution is 2.29. The molecular weight excluding hydrogens is 369 g/mol. The van der Waals surface area contributed by atoms with E-state index < -0.39 is 11.7 Å². The third-order valence-corrected chi connectivity index (χ3v) is 5.10. The van der Waals surface area contributed by atoms with Crippen molar-refractivity contribution in [1.82, 2.24) is 14.5 Å². The van der Waals surface area contributed by atoms with Crippen molar-refractivity contribution in [2.45, 2.75) is 6.18 Å². The van der Waals surface area contributed by atoms with E-state index in [2.05, 4.69) is 4.98 Å². The molecule has 2 aromatic heterocycles. The van der Waals surface area contributed by atoms with Crippen LogP contribution in [0.2, 0.25) is 0 Å². The van der Waals surface area contributed by atoms with Gasteiger partial charge in [-0.25, -0.2) is 4.98 Å². The van der Waals surface area contributed by atoms with Crippen molar-refractivity contribution in [2.24, 2.45) is 7.05 Å². The number of fused-ring (bicyclic) bond motifs is 1. The first-order chi connectivity index (χ1) is 13.3. The molecule has 3 heterocycles. The zero-order chi connectivity index (χ0) is 19.9. The molecule has 1 amide bonds. The van der Waals surface area contributed by atoms with Crippen molar-refractivity contribution in [2.75, 3.05) is 31.1 Å². The van der Waals surface area contributed by atoms with E-state index in [0.717, 1.165) is 23.2 Å². The Morgan fingerprint density at radius 1 is 1.04 bits per heavy atom. The van der Waals surface area contributed by atoms with Gasteiger partial charge in [0.2, 0.25) is 0 Å². The summed E-state index contributed by atoms with van der Waals surface area (Å²) in [5.74, 6) is 0.452. The van der Waals surface area contributed by atoms with E-state index in [1.54, 1.807) is 4.90 Å². The lowest BCUT2D eigenvalue weighted by molar-refractivity contribution is -0.137. The SMILES string of the molecule is Cn1ccc2ccc(C(=O)N3CCN(c4ccc(C(F)(F)F)cn4)CC3)cc21. The summed E-state index contributed by atoms with van der Waals surface area (Å²) in [7, 11) is 1.94. The number of carbonyl (C=O) groups is 1. The predicted molar refractivity (Wildman–Crippen MR) is 100 cm³/mol. The Morgan fingerprint density at radius 2 is 1.79 bits per heavy atom. The fourth-order valence-electron chi connectivity index (χ4n) is 3.46. The highest BCUT2D eigenvalue weighted by Gasteiger charge is 2.31. The number of halogens is 3. The second-order valence-electron chi connectivity index (χ2n) is 6.88. The molecule has 8 heteroatoms. The Hall–Kier alpha value is -3.03. The van der Waals surface area contributed by atoms with Gasteiger partial charge < -0.3 is 14.4 Å². The first-order valence-electron chi connectivity index (χ1n) is 8.95. The third kappa shape index (κ3) is 3.42. The topological polar surface area (TPSA) is 41.4 Å². The molecule has 0 unspecified atom stereocenters. The number of nitrogens with zero attached hydrogens (tertiary/aromatic N) is 4. The summed E-state index contributed by atoms with van der Waals surface area (Å²) in [6.45, 7) is 2.03. The number of hydrogen-bond acceptors (Lipinski definition) is 3. The van der Waals surface area contributed by atoms with Gasteiger partial charge >= 0.3 is 6.18 Å². The number of aryl methyl sites for hydroxylation is 1. The number of alkyl halides is 3. The average molecular weight is 388 g/mol. The normalized spacial score (nSPS) is 15.3. The van der Waals surface area contributed by atoms with Crippen molar-refractivity contribution < 1.29 is 18.0 Å². The Balaban J connectivity index is 1.43. The van der Waals surface area contributed by atoms with Crippen LogP contribution in [0.5, 0.6) is 0 Å². The molecule has 1 aliphatic rings. The van der Waals surface area contributed by atoms with Gasteiger partial charge in [-0.3, -0.25) is 4.79 Å². The zero-order valence-corrected chi connectivity index (χ0v) is 15.3. The Labute approximate surface area is 160 Å². The molecule has 28 heavy (non-hydrogen) atoms. The minimum absolute atomic E-state index is 0.0388. The average Bonchev–Trinajstić information content (AvgIpc) is 3.07. The van der Waals surface area contributed by atoms with Crippen LogP contribution in [0, 0.1) is 0 Å². The number of anilines is 1. The van der Waals surface area contributed by atoms with Gasteiger partial charge in [-0.2, -0.15) is 13.2 Å². The van der Waals surface area contributed by atoms with Gasteiger partial charge in [0.1, 0.15) is 5.82 Å². The number of amides is 1. The van der Waals surface area contributed by atoms with Crippen molar-refractivity contribution in [1.29, 1.82) is 0 Å². The summed E-state index contributed by atoms with van der Waals surface area (Å²) >= 11 is 0. The predicted octanol–water partition coefficient (Wildman–Crippen LogP) is 3.55. The molecule has 1 aromatic carbocycles. The van der Waals surface area contributed by atoms with Crippen LogP contribution in [0.15, 0.2) is 48.8 Å². The van der Waals surface area contributed by atoms with Crippen LogP contribution in [-0.2, 0) is 13.2 Å². The number of carbonyl (C=O) groups excluding carboxylic acids is 1. The number of rotatable bonds is 2. The van der Waals surface area contributed by atoms with Crippen LogP contribution in [0.1, 0.15) is 15.9 Å². The monoisotopic (exact) mass is 388 g/mol. The lowest BCUT2D eigenvalue weighted by Gasteiger charge is -2.35. The van der Waals surface area contributed by atoms with Gasteiger partial charge in [0, 0.05) is 56.7 Å². The molecule has 0 saturated carbocycles. The van der Waals surface area contributed by atoms with E-state index in [0.29, 0.717) is 37.6 Å². The number of hydrogen-bond donors (Lipinski definition) is 0. The molecule has 0 radical (unpaired) electrons. The fraction of sp³-hybridized carbons (Fsp3) is 0.300. The van der Waals surface area contributed by atoms with E-state index in [1.165, 1.54) is 6.07 Å². The van der Waals surface area contributed by atoms with Gasteiger partial charge in [-0.1, -0.05) is 6.07 Å². The van der Waals surface area contributed by atoms with Crippen LogP contribution in [-0.4, -0.2) is 46.5 Å². The molecule has 4 rings (SSSR count). The second-order valence-corrected chi connectivity index (χ2v) is 6.88. The van der Waals surface area contributed by atoms with Crippen LogP contribution < -0.4 is 4.90 Å². The third-order valence-electron chi connectivity index (χ3n) is 5.10. The minimum Gasteiger partial charge on any atom is -0.353 e. The van der Waals surface area contributed by atoms with Gasteiger partial charge in [0.25, 0.3) is 5.91 Å². The molecule has 3 aromatic rings. The summed E-state index contributed by atoms with van der Waals surface area (Å²) < 4.78 is 40.0. The molecule has 0 N–H and O–H groups in total. The van der Waals surface area contributed by atoms with Crippen LogP contribution in [0.3, 0.4) is 0 Å². The lowest BCUT2D eigenvalue weighted by atomic mass is 10.1. The van der Waals surface area contributed by atoms with Crippen LogP contribution >= 0.6 is 0 Å². The molecule has 0 spiro atoms. The highest BCUT2D eigenvalue weighted by atomic mass is 19.4. The molecule has 0 atom stereocenters. The molecule has 146 valence electrons. The van der Waals surface area contributed by atoms with Gasteiger partial charge in [-0.05, 0) is 35.7 Å². The number of benzene rings is 1. The van der Waals surface area contributed by atoms with E-state index >= 15 is 0 Å². The Kier molecular flexibility index (Phi) is 4.49. The van der Waals surface area contributed by atoms with E-state index in [4.69, 9.17) is 0 Å². The van der Waals surface area contributed by atoms with Crippen molar-refractivity contribution in [3.8, 4) is 0 Å². The molecule has 1 aliphatic heterocycles. The molecule has 0 aliphatic carbocycles. The summed E-state index contributed by atoms with van der Waals surface area (Å²) in [5.41, 5.74) is 0.870. The number of pyridine rings is 1. The maximum atomic E-state index is 12.8. The lowest BCUT2D eigenvalue weighted by Crippen LogP contribution is -2.49.